The molecule has 0 radical (unpaired) electrons. The highest BCUT2D eigenvalue weighted by Crippen LogP contribution is 2.51. The fourth-order valence-corrected chi connectivity index (χ4v) is 8.01. The van der Waals surface area contributed by atoms with Crippen LogP contribution in [0.25, 0.3) is 76.6 Å². The van der Waals surface area contributed by atoms with Gasteiger partial charge in [-0.25, -0.2) is 15.0 Å². The Labute approximate surface area is 271 Å². The van der Waals surface area contributed by atoms with Gasteiger partial charge in [0.1, 0.15) is 0 Å². The summed E-state index contributed by atoms with van der Waals surface area (Å²) < 4.78 is 2.66. The zero-order valence-electron chi connectivity index (χ0n) is 25.5. The second-order valence-corrected chi connectivity index (χ2v) is 13.6. The van der Waals surface area contributed by atoms with Crippen LogP contribution in [0.2, 0.25) is 0 Å². The maximum Gasteiger partial charge on any atom is 0.164 e. The van der Waals surface area contributed by atoms with E-state index in [2.05, 4.69) is 92.7 Å². The van der Waals surface area contributed by atoms with E-state index in [0.717, 1.165) is 16.7 Å². The molecule has 0 bridgehead atoms. The van der Waals surface area contributed by atoms with Crippen molar-refractivity contribution < 1.29 is 0 Å². The molecule has 3 nitrogen and oxygen atoms in total. The van der Waals surface area contributed by atoms with E-state index in [-0.39, 0.29) is 5.41 Å². The van der Waals surface area contributed by atoms with Crippen LogP contribution in [0.5, 0.6) is 0 Å². The molecular formula is C42H29N3S. The third-order valence-corrected chi connectivity index (χ3v) is 10.5. The number of hydrogen-bond acceptors (Lipinski definition) is 4. The molecule has 0 spiro atoms. The quantitative estimate of drug-likeness (QED) is 0.200. The van der Waals surface area contributed by atoms with Crippen LogP contribution in [0.1, 0.15) is 25.0 Å². The standard InChI is InChI=1S/C42H29N3S/c1-42(2)35-16-10-9-15-31(35)32-24-34-33-23-30(21-22-37(33)46-38(34)25-36(32)42)26-17-19-29(20-18-26)41-44-39(27-11-5-3-6-12-27)43-40(45-41)28-13-7-4-8-14-28/h3-25H,1-2H3. The van der Waals surface area contributed by atoms with Gasteiger partial charge in [-0.1, -0.05) is 129 Å². The minimum Gasteiger partial charge on any atom is -0.208 e. The summed E-state index contributed by atoms with van der Waals surface area (Å²) in [4.78, 5) is 14.6. The van der Waals surface area contributed by atoms with Crippen molar-refractivity contribution in [1.29, 1.82) is 0 Å². The van der Waals surface area contributed by atoms with Crippen LogP contribution in [0.3, 0.4) is 0 Å². The van der Waals surface area contributed by atoms with Crippen molar-refractivity contribution >= 4 is 31.5 Å². The Morgan fingerprint density at radius 3 is 1.59 bits per heavy atom. The zero-order valence-corrected chi connectivity index (χ0v) is 26.3. The smallest absolute Gasteiger partial charge is 0.164 e. The lowest BCUT2D eigenvalue weighted by atomic mass is 9.82. The van der Waals surface area contributed by atoms with Crippen LogP contribution in [0.15, 0.2) is 140 Å². The largest absolute Gasteiger partial charge is 0.208 e. The summed E-state index contributed by atoms with van der Waals surface area (Å²) in [5, 5.41) is 2.64. The third-order valence-electron chi connectivity index (χ3n) is 9.35. The molecule has 0 fully saturated rings. The molecule has 4 heteroatoms. The maximum atomic E-state index is 4.90. The van der Waals surface area contributed by atoms with Gasteiger partial charge in [0.05, 0.1) is 0 Å². The van der Waals surface area contributed by atoms with Crippen LogP contribution in [-0.4, -0.2) is 15.0 Å². The van der Waals surface area contributed by atoms with Gasteiger partial charge in [0.25, 0.3) is 0 Å². The number of nitrogens with zero attached hydrogens (tertiary/aromatic N) is 3. The van der Waals surface area contributed by atoms with Crippen molar-refractivity contribution in [2.45, 2.75) is 19.3 Å². The first-order valence-corrected chi connectivity index (χ1v) is 16.4. The van der Waals surface area contributed by atoms with Crippen molar-refractivity contribution in [1.82, 2.24) is 15.0 Å². The van der Waals surface area contributed by atoms with E-state index in [4.69, 9.17) is 15.0 Å². The topological polar surface area (TPSA) is 38.7 Å². The molecule has 0 amide bonds. The van der Waals surface area contributed by atoms with E-state index >= 15 is 0 Å². The summed E-state index contributed by atoms with van der Waals surface area (Å²) in [5.41, 5.74) is 10.8. The van der Waals surface area contributed by atoms with E-state index in [1.165, 1.54) is 53.6 Å². The summed E-state index contributed by atoms with van der Waals surface area (Å²) >= 11 is 1.89. The number of thiophene rings is 1. The summed E-state index contributed by atoms with van der Waals surface area (Å²) in [5.74, 6) is 2.00. The number of fused-ring (bicyclic) bond motifs is 6. The summed E-state index contributed by atoms with van der Waals surface area (Å²) in [6.45, 7) is 4.70. The Morgan fingerprint density at radius 1 is 0.413 bits per heavy atom. The molecule has 1 aliphatic rings. The Bertz CT molecular complexity index is 2370. The average molecular weight is 608 g/mol. The molecule has 0 saturated heterocycles. The van der Waals surface area contributed by atoms with Crippen molar-refractivity contribution in [3.63, 3.8) is 0 Å². The second kappa shape index (κ2) is 10.3. The summed E-state index contributed by atoms with van der Waals surface area (Å²) in [7, 11) is 0. The lowest BCUT2D eigenvalue weighted by molar-refractivity contribution is 0.661. The predicted octanol–water partition coefficient (Wildman–Crippen LogP) is 11.2. The van der Waals surface area contributed by atoms with E-state index in [1.807, 2.05) is 72.0 Å². The van der Waals surface area contributed by atoms with Crippen LogP contribution < -0.4 is 0 Å². The van der Waals surface area contributed by atoms with Crippen molar-refractivity contribution in [3.8, 4) is 56.4 Å². The molecule has 9 rings (SSSR count). The average Bonchev–Trinajstić information content (AvgIpc) is 3.59. The first-order chi connectivity index (χ1) is 22.5. The highest BCUT2D eigenvalue weighted by molar-refractivity contribution is 7.25. The fraction of sp³-hybridized carbons (Fsp3) is 0.0714. The molecule has 218 valence electrons. The molecular weight excluding hydrogens is 579 g/mol. The third kappa shape index (κ3) is 4.29. The molecule has 0 N–H and O–H groups in total. The van der Waals surface area contributed by atoms with Crippen molar-refractivity contribution in [2.75, 3.05) is 0 Å². The highest BCUT2D eigenvalue weighted by atomic mass is 32.1. The molecule has 0 aliphatic heterocycles. The molecule has 8 aromatic rings. The SMILES string of the molecule is CC1(C)c2ccccc2-c2cc3c(cc21)sc1ccc(-c2ccc(-c4nc(-c5ccccc5)nc(-c5ccccc5)n4)cc2)cc13. The molecule has 0 saturated carbocycles. The monoisotopic (exact) mass is 607 g/mol. The Kier molecular flexibility index (Phi) is 6.02. The number of hydrogen-bond donors (Lipinski definition) is 0. The molecule has 0 atom stereocenters. The van der Waals surface area contributed by atoms with Gasteiger partial charge < -0.3 is 0 Å². The first kappa shape index (κ1) is 26.9. The Morgan fingerprint density at radius 2 is 0.935 bits per heavy atom. The van der Waals surface area contributed by atoms with E-state index in [1.54, 1.807) is 0 Å². The summed E-state index contributed by atoms with van der Waals surface area (Å²) in [6.07, 6.45) is 0. The Balaban J connectivity index is 1.11. The molecule has 1 aliphatic carbocycles. The van der Waals surface area contributed by atoms with Gasteiger partial charge in [-0.05, 0) is 57.6 Å². The van der Waals surface area contributed by atoms with Gasteiger partial charge in [-0.2, -0.15) is 0 Å². The van der Waals surface area contributed by atoms with Crippen LogP contribution in [0.4, 0.5) is 0 Å². The van der Waals surface area contributed by atoms with Gasteiger partial charge in [0.15, 0.2) is 17.5 Å². The normalized spacial score (nSPS) is 13.2. The van der Waals surface area contributed by atoms with Crippen LogP contribution in [-0.2, 0) is 5.41 Å². The molecule has 46 heavy (non-hydrogen) atoms. The minimum absolute atomic E-state index is 0.00540. The molecule has 2 heterocycles. The number of rotatable bonds is 4. The predicted molar refractivity (Wildman–Crippen MR) is 192 cm³/mol. The fourth-order valence-electron chi connectivity index (χ4n) is 6.90. The van der Waals surface area contributed by atoms with E-state index < -0.39 is 0 Å². The van der Waals surface area contributed by atoms with Crippen molar-refractivity contribution in [3.05, 3.63) is 151 Å². The highest BCUT2D eigenvalue weighted by Gasteiger charge is 2.35. The van der Waals surface area contributed by atoms with E-state index in [9.17, 15) is 0 Å². The van der Waals surface area contributed by atoms with Crippen LogP contribution in [0, 0.1) is 0 Å². The van der Waals surface area contributed by atoms with Crippen molar-refractivity contribution in [2.24, 2.45) is 0 Å². The summed E-state index contributed by atoms with van der Waals surface area (Å²) in [6, 6.07) is 49.4. The van der Waals surface area contributed by atoms with Gasteiger partial charge in [-0.15, -0.1) is 11.3 Å². The van der Waals surface area contributed by atoms with Gasteiger partial charge in [0.2, 0.25) is 0 Å². The minimum atomic E-state index is 0.00540. The van der Waals surface area contributed by atoms with Crippen LogP contribution >= 0.6 is 11.3 Å². The first-order valence-electron chi connectivity index (χ1n) is 15.6. The second-order valence-electron chi connectivity index (χ2n) is 12.5. The number of aromatic nitrogens is 3. The lowest BCUT2D eigenvalue weighted by Gasteiger charge is -2.21. The molecule has 6 aromatic carbocycles. The lowest BCUT2D eigenvalue weighted by Crippen LogP contribution is -2.14. The van der Waals surface area contributed by atoms with Gasteiger partial charge >= 0.3 is 0 Å². The zero-order chi connectivity index (χ0) is 30.8. The van der Waals surface area contributed by atoms with E-state index in [0.29, 0.717) is 17.5 Å². The molecule has 2 aromatic heterocycles. The van der Waals surface area contributed by atoms with Gasteiger partial charge in [-0.3, -0.25) is 0 Å². The maximum absolute atomic E-state index is 4.90. The molecule has 0 unspecified atom stereocenters. The number of benzene rings is 6. The van der Waals surface area contributed by atoms with Gasteiger partial charge in [0, 0.05) is 42.3 Å². The Hall–Kier alpha value is -5.45.